The second kappa shape index (κ2) is 6.21. The number of rotatable bonds is 7. The molecule has 0 aliphatic heterocycles. The first kappa shape index (κ1) is 14.1. The number of ether oxygens (including phenoxy) is 1. The normalized spacial score (nSPS) is 10.7. The van der Waals surface area contributed by atoms with Crippen molar-refractivity contribution in [3.63, 3.8) is 0 Å². The number of benzene rings is 1. The second-order valence-electron chi connectivity index (χ2n) is 4.44. The molecule has 2 rings (SSSR count). The summed E-state index contributed by atoms with van der Waals surface area (Å²) < 4.78 is 10.8. The zero-order chi connectivity index (χ0) is 14.5. The molecule has 0 radical (unpaired) electrons. The molecule has 0 bridgehead atoms. The molecule has 0 unspecified atom stereocenters. The molecule has 0 aliphatic rings. The van der Waals surface area contributed by atoms with Crippen LogP contribution in [0, 0.1) is 0 Å². The van der Waals surface area contributed by atoms with E-state index in [1.807, 2.05) is 6.92 Å². The van der Waals surface area contributed by atoms with Gasteiger partial charge in [-0.25, -0.2) is 4.79 Å². The van der Waals surface area contributed by atoms with Crippen molar-refractivity contribution in [3.8, 4) is 0 Å². The van der Waals surface area contributed by atoms with Gasteiger partial charge in [0.05, 0.1) is 18.8 Å². The van der Waals surface area contributed by atoms with Crippen LogP contribution in [0.5, 0.6) is 0 Å². The van der Waals surface area contributed by atoms with E-state index >= 15 is 0 Å². The van der Waals surface area contributed by atoms with Crippen LogP contribution in [0.25, 0.3) is 11.1 Å². The number of aromatic nitrogens is 1. The van der Waals surface area contributed by atoms with Crippen LogP contribution in [0.2, 0.25) is 0 Å². The highest BCUT2D eigenvalue weighted by molar-refractivity contribution is 5.92. The van der Waals surface area contributed by atoms with Gasteiger partial charge in [0.1, 0.15) is 5.52 Å². The summed E-state index contributed by atoms with van der Waals surface area (Å²) in [6.45, 7) is 7.21. The van der Waals surface area contributed by atoms with Crippen LogP contribution in [0.1, 0.15) is 17.3 Å². The summed E-state index contributed by atoms with van der Waals surface area (Å²) in [4.78, 5) is 15.1. The fourth-order valence-electron chi connectivity index (χ4n) is 1.61. The molecule has 20 heavy (non-hydrogen) atoms. The number of fused-ring (bicyclic) bond motifs is 1. The van der Waals surface area contributed by atoms with Gasteiger partial charge in [-0.15, -0.1) is 0 Å². The van der Waals surface area contributed by atoms with E-state index in [1.165, 1.54) is 12.1 Å². The topological polar surface area (TPSA) is 84.6 Å². The van der Waals surface area contributed by atoms with Crippen molar-refractivity contribution in [3.05, 3.63) is 35.9 Å². The average molecular weight is 276 g/mol. The van der Waals surface area contributed by atoms with Crippen LogP contribution in [0.4, 0.5) is 6.01 Å². The zero-order valence-electron chi connectivity index (χ0n) is 11.2. The minimum Gasteiger partial charge on any atom is -0.478 e. The monoisotopic (exact) mass is 276 g/mol. The number of anilines is 1. The maximum absolute atomic E-state index is 10.8. The first-order chi connectivity index (χ1) is 9.56. The van der Waals surface area contributed by atoms with Gasteiger partial charge < -0.3 is 19.6 Å². The van der Waals surface area contributed by atoms with Crippen molar-refractivity contribution in [1.82, 2.24) is 4.98 Å². The zero-order valence-corrected chi connectivity index (χ0v) is 11.2. The number of nitrogens with zero attached hydrogens (tertiary/aromatic N) is 1. The Kier molecular flexibility index (Phi) is 4.37. The highest BCUT2D eigenvalue weighted by Crippen LogP contribution is 2.20. The lowest BCUT2D eigenvalue weighted by atomic mass is 10.2. The van der Waals surface area contributed by atoms with E-state index < -0.39 is 5.97 Å². The van der Waals surface area contributed by atoms with E-state index in [9.17, 15) is 4.79 Å². The van der Waals surface area contributed by atoms with Gasteiger partial charge in [0.15, 0.2) is 5.58 Å². The third-order valence-electron chi connectivity index (χ3n) is 2.51. The fraction of sp³-hybridized carbons (Fsp3) is 0.286. The molecule has 0 saturated carbocycles. The van der Waals surface area contributed by atoms with Gasteiger partial charge in [-0.1, -0.05) is 12.2 Å². The van der Waals surface area contributed by atoms with E-state index in [4.69, 9.17) is 14.3 Å². The third kappa shape index (κ3) is 3.58. The summed E-state index contributed by atoms with van der Waals surface area (Å²) >= 11 is 0. The van der Waals surface area contributed by atoms with E-state index in [0.717, 1.165) is 5.57 Å². The lowest BCUT2D eigenvalue weighted by Gasteiger charge is -2.03. The molecule has 0 fully saturated rings. The Bertz CT molecular complexity index is 633. The van der Waals surface area contributed by atoms with Crippen molar-refractivity contribution in [2.24, 2.45) is 0 Å². The van der Waals surface area contributed by atoms with Crippen LogP contribution in [0.15, 0.2) is 34.8 Å². The summed E-state index contributed by atoms with van der Waals surface area (Å²) in [5, 5.41) is 11.9. The Balaban J connectivity index is 1.94. The van der Waals surface area contributed by atoms with E-state index in [-0.39, 0.29) is 5.56 Å². The lowest BCUT2D eigenvalue weighted by Crippen LogP contribution is -2.10. The number of hydrogen-bond donors (Lipinski definition) is 2. The Labute approximate surface area is 116 Å². The van der Waals surface area contributed by atoms with Gasteiger partial charge >= 0.3 is 5.97 Å². The van der Waals surface area contributed by atoms with Crippen molar-refractivity contribution in [2.75, 3.05) is 25.1 Å². The number of carbonyl (C=O) groups is 1. The highest BCUT2D eigenvalue weighted by atomic mass is 16.5. The third-order valence-corrected chi connectivity index (χ3v) is 2.51. The first-order valence-corrected chi connectivity index (χ1v) is 6.16. The molecule has 0 atom stereocenters. The van der Waals surface area contributed by atoms with Crippen molar-refractivity contribution >= 4 is 23.1 Å². The van der Waals surface area contributed by atoms with Gasteiger partial charge in [-0.3, -0.25) is 0 Å². The molecular weight excluding hydrogens is 260 g/mol. The number of nitrogens with one attached hydrogen (secondary N) is 1. The molecule has 1 aromatic carbocycles. The molecule has 0 amide bonds. The quantitative estimate of drug-likeness (QED) is 0.597. The molecule has 2 N–H and O–H groups in total. The minimum atomic E-state index is -0.994. The van der Waals surface area contributed by atoms with Crippen molar-refractivity contribution < 1.29 is 19.1 Å². The molecule has 1 aromatic heterocycles. The maximum atomic E-state index is 10.8. The average Bonchev–Trinajstić information content (AvgIpc) is 2.79. The smallest absolute Gasteiger partial charge is 0.335 e. The summed E-state index contributed by atoms with van der Waals surface area (Å²) in [6.07, 6.45) is 0. The number of carboxylic acid groups (broad SMARTS) is 1. The molecule has 1 heterocycles. The molecule has 0 spiro atoms. The van der Waals surface area contributed by atoms with E-state index in [0.29, 0.717) is 36.9 Å². The van der Waals surface area contributed by atoms with Crippen LogP contribution in [-0.2, 0) is 4.74 Å². The molecule has 0 saturated heterocycles. The number of hydrogen-bond acceptors (Lipinski definition) is 5. The Hall–Kier alpha value is -2.34. The lowest BCUT2D eigenvalue weighted by molar-refractivity contribution is 0.0697. The number of oxazole rings is 1. The van der Waals surface area contributed by atoms with Crippen LogP contribution in [0.3, 0.4) is 0 Å². The minimum absolute atomic E-state index is 0.171. The predicted octanol–water partition coefficient (Wildman–Crippen LogP) is 2.53. The second-order valence-corrected chi connectivity index (χ2v) is 4.44. The SMILES string of the molecule is C=C(C)COCCNc1nc2ccc(C(=O)O)cc2o1. The summed E-state index contributed by atoms with van der Waals surface area (Å²) in [7, 11) is 0. The van der Waals surface area contributed by atoms with Crippen molar-refractivity contribution in [1.29, 1.82) is 0 Å². The van der Waals surface area contributed by atoms with Crippen LogP contribution < -0.4 is 5.32 Å². The standard InChI is InChI=1S/C14H16N2O4/c1-9(2)8-19-6-5-15-14-16-11-4-3-10(13(17)18)7-12(11)20-14/h3-4,7H,1,5-6,8H2,2H3,(H,15,16)(H,17,18). The summed E-state index contributed by atoms with van der Waals surface area (Å²) in [5.74, 6) is -0.994. The number of aromatic carboxylic acids is 1. The largest absolute Gasteiger partial charge is 0.478 e. The molecular formula is C14H16N2O4. The van der Waals surface area contributed by atoms with Crippen LogP contribution in [-0.4, -0.2) is 35.8 Å². The Morgan fingerprint density at radius 3 is 3.05 bits per heavy atom. The molecule has 6 heteroatoms. The van der Waals surface area contributed by atoms with Gasteiger partial charge in [0.25, 0.3) is 6.01 Å². The highest BCUT2D eigenvalue weighted by Gasteiger charge is 2.09. The van der Waals surface area contributed by atoms with Crippen LogP contribution >= 0.6 is 0 Å². The van der Waals surface area contributed by atoms with E-state index in [2.05, 4.69) is 16.9 Å². The molecule has 6 nitrogen and oxygen atoms in total. The van der Waals surface area contributed by atoms with Gasteiger partial charge in [0.2, 0.25) is 0 Å². The van der Waals surface area contributed by atoms with Gasteiger partial charge in [0, 0.05) is 6.54 Å². The Morgan fingerprint density at radius 1 is 1.55 bits per heavy atom. The molecule has 2 aromatic rings. The first-order valence-electron chi connectivity index (χ1n) is 6.16. The number of carboxylic acids is 1. The summed E-state index contributed by atoms with van der Waals surface area (Å²) in [6, 6.07) is 4.91. The fourth-order valence-corrected chi connectivity index (χ4v) is 1.61. The van der Waals surface area contributed by atoms with E-state index in [1.54, 1.807) is 6.07 Å². The predicted molar refractivity (Wildman–Crippen MR) is 75.1 cm³/mol. The molecule has 0 aliphatic carbocycles. The summed E-state index contributed by atoms with van der Waals surface area (Å²) in [5.41, 5.74) is 2.19. The van der Waals surface area contributed by atoms with Crippen molar-refractivity contribution in [2.45, 2.75) is 6.92 Å². The Morgan fingerprint density at radius 2 is 2.35 bits per heavy atom. The van der Waals surface area contributed by atoms with Gasteiger partial charge in [-0.2, -0.15) is 4.98 Å². The molecule has 106 valence electrons. The van der Waals surface area contributed by atoms with Gasteiger partial charge in [-0.05, 0) is 25.1 Å². The maximum Gasteiger partial charge on any atom is 0.335 e.